The molecule has 0 radical (unpaired) electrons. The first-order valence-electron chi connectivity index (χ1n) is 50.8. The van der Waals surface area contributed by atoms with Crippen LogP contribution in [0.1, 0.15) is 194 Å². The summed E-state index contributed by atoms with van der Waals surface area (Å²) >= 11 is 7.59. The molecule has 18 aromatic carbocycles. The van der Waals surface area contributed by atoms with E-state index >= 15 is 0 Å². The lowest BCUT2D eigenvalue weighted by Gasteiger charge is -2.19. The lowest BCUT2D eigenvalue weighted by Crippen LogP contribution is -2.11. The standard InChI is InChI=1S/2C21H17NO.2C16H16O.4C15H14S/c1-13(2)22-18-9-5-3-7-14(18)16-12-21-17(11-19(16)22)15-8-4-6-10-20(15)23-21;1-13(2)22-18-9-5-3-7-14(18)16-11-17-15-8-4-6-10-20(15)23-21(17)12-19(16)22;1-16(2,3)13-9-6-8-12-11-7-4-5-10-14(11)17-15(12)13;1-16(2,3)12-8-6-10-14-15(12)11-7-4-5-9-13(11)17-14;1-10(2)11-7-5-8-13-12-6-3-4-9-14(12)16-15(11)13;1-10(2)11-7-5-9-14-15(11)12-6-3-4-8-13(12)16-14;1-10(2)11-7-8-15-13(9-11)12-5-3-4-6-14(12)16-15;1-10(2)11-7-8-13-12-5-3-4-6-14(12)16-15(13)9-11/h2*3-13H,1-2H3;2*4-10H,1-3H3;4*3-10H,1-2H3. The van der Waals surface area contributed by atoms with Crippen LogP contribution in [0, 0.1) is 0 Å². The molecule has 10 heterocycles. The first-order valence-corrected chi connectivity index (χ1v) is 54.1. The first-order chi connectivity index (χ1) is 69.7. The predicted molar refractivity (Wildman–Crippen MR) is 633 cm³/mol. The molecule has 0 amide bonds. The van der Waals surface area contributed by atoms with Gasteiger partial charge in [0.05, 0.1) is 11.0 Å². The van der Waals surface area contributed by atoms with E-state index in [0.29, 0.717) is 35.8 Å². The normalized spacial score (nSPS) is 12.1. The molecule has 0 aliphatic heterocycles. The fourth-order valence-electron chi connectivity index (χ4n) is 21.0. The molecule has 0 atom stereocenters. The van der Waals surface area contributed by atoms with E-state index in [1.165, 1.54) is 201 Å². The van der Waals surface area contributed by atoms with E-state index < -0.39 is 0 Å². The van der Waals surface area contributed by atoms with Crippen LogP contribution in [-0.4, -0.2) is 9.13 Å². The second-order valence-electron chi connectivity index (χ2n) is 41.9. The molecule has 0 fully saturated rings. The van der Waals surface area contributed by atoms with Gasteiger partial charge in [-0.25, -0.2) is 0 Å². The first kappa shape index (κ1) is 95.8. The minimum Gasteiger partial charge on any atom is -0.456 e. The maximum atomic E-state index is 6.08. The van der Waals surface area contributed by atoms with Crippen LogP contribution in [-0.2, 0) is 10.8 Å². The maximum Gasteiger partial charge on any atom is 0.139 e. The minimum absolute atomic E-state index is 0.105. The second-order valence-corrected chi connectivity index (χ2v) is 46.2. The van der Waals surface area contributed by atoms with Gasteiger partial charge in [-0.2, -0.15) is 0 Å². The molecule has 10 aromatic heterocycles. The van der Waals surface area contributed by atoms with Crippen LogP contribution in [0.3, 0.4) is 0 Å². The van der Waals surface area contributed by atoms with Crippen molar-refractivity contribution < 1.29 is 17.7 Å². The Morgan fingerprint density at radius 2 is 0.569 bits per heavy atom. The van der Waals surface area contributed by atoms with E-state index in [-0.39, 0.29) is 10.8 Å². The maximum absolute atomic E-state index is 6.08. The molecule has 28 rings (SSSR count). The summed E-state index contributed by atoms with van der Waals surface area (Å²) in [6, 6.07) is 134. The Bertz CT molecular complexity index is 9570. The van der Waals surface area contributed by atoms with E-state index in [2.05, 4.69) is 455 Å². The SMILES string of the molecule is CC(C)(C)c1cccc2c1oc1ccccc12.CC(C)(C)c1cccc2oc3ccccc3c12.CC(C)c1ccc2c(c1)sc1ccccc12.CC(C)c1ccc2sc3ccccc3c2c1.CC(C)c1cccc2c1sc1ccccc12.CC(C)c1cccc2sc3ccccc3c12.CC(C)n1c2ccccc2c2cc3c(cc21)oc1ccccc13.CC(C)n1c2ccccc2c2cc3oc4ccccc4c3cc21. The molecule has 6 nitrogen and oxygen atoms in total. The van der Waals surface area contributed by atoms with Gasteiger partial charge in [-0.05, 0) is 199 Å². The molecule has 0 unspecified atom stereocenters. The highest BCUT2D eigenvalue weighted by atomic mass is 32.1. The average molecular weight is 1950 g/mol. The number of aromatic nitrogens is 2. The molecule has 10 heteroatoms. The zero-order valence-electron chi connectivity index (χ0n) is 85.4. The Hall–Kier alpha value is -14.4. The van der Waals surface area contributed by atoms with Crippen molar-refractivity contribution in [1.82, 2.24) is 9.13 Å². The fraction of sp³-hybridized carbons (Fsp3) is 0.194. The number of hydrogen-bond acceptors (Lipinski definition) is 8. The summed E-state index contributed by atoms with van der Waals surface area (Å²) in [6.07, 6.45) is 0. The number of nitrogens with zero attached hydrogens (tertiary/aromatic N) is 2. The molecule has 0 N–H and O–H groups in total. The predicted octanol–water partition coefficient (Wildman–Crippen LogP) is 43.0. The lowest BCUT2D eigenvalue weighted by molar-refractivity contribution is 0.573. The summed E-state index contributed by atoms with van der Waals surface area (Å²) in [4.78, 5) is 0. The Labute approximate surface area is 858 Å². The zero-order valence-corrected chi connectivity index (χ0v) is 88.7. The van der Waals surface area contributed by atoms with Gasteiger partial charge in [0.15, 0.2) is 0 Å². The van der Waals surface area contributed by atoms with Crippen molar-refractivity contribution in [2.75, 3.05) is 0 Å². The molecule has 0 saturated carbocycles. The number of rotatable bonds is 6. The summed E-state index contributed by atoms with van der Waals surface area (Å²) in [7, 11) is 0. The molecule has 28 aromatic rings. The van der Waals surface area contributed by atoms with Crippen molar-refractivity contribution in [3.63, 3.8) is 0 Å². The van der Waals surface area contributed by atoms with E-state index in [9.17, 15) is 0 Å². The lowest BCUT2D eigenvalue weighted by atomic mass is 9.84. The number of furan rings is 4. The van der Waals surface area contributed by atoms with Crippen molar-refractivity contribution in [2.45, 2.75) is 171 Å². The highest BCUT2D eigenvalue weighted by Crippen LogP contribution is 2.47. The summed E-state index contributed by atoms with van der Waals surface area (Å²) < 4.78 is 40.1. The third-order valence-electron chi connectivity index (χ3n) is 28.1. The molecular weight excluding hydrogens is 1830 g/mol. The third-order valence-corrected chi connectivity index (χ3v) is 32.8. The van der Waals surface area contributed by atoms with Gasteiger partial charge >= 0.3 is 0 Å². The molecule has 0 spiro atoms. The second kappa shape index (κ2) is 39.7. The van der Waals surface area contributed by atoms with Gasteiger partial charge in [0, 0.05) is 180 Å². The molecule has 716 valence electrons. The van der Waals surface area contributed by atoms with Crippen molar-refractivity contribution in [3.8, 4) is 0 Å². The van der Waals surface area contributed by atoms with Crippen molar-refractivity contribution in [1.29, 1.82) is 0 Å². The molecule has 0 bridgehead atoms. The quantitative estimate of drug-likeness (QED) is 0.166. The number of fused-ring (bicyclic) bond motifs is 30. The average Bonchev–Trinajstić information content (AvgIpc) is 1.56. The van der Waals surface area contributed by atoms with Crippen LogP contribution in [0.5, 0.6) is 0 Å². The number of thiophene rings is 4. The van der Waals surface area contributed by atoms with E-state index in [4.69, 9.17) is 17.7 Å². The highest BCUT2D eigenvalue weighted by molar-refractivity contribution is 7.27. The van der Waals surface area contributed by atoms with Crippen molar-refractivity contribution in [2.24, 2.45) is 0 Å². The molecular formula is C134H122N2O4S4. The van der Waals surface area contributed by atoms with Crippen LogP contribution in [0.15, 0.2) is 394 Å². The highest BCUT2D eigenvalue weighted by Gasteiger charge is 2.25. The summed E-state index contributed by atoms with van der Waals surface area (Å²) in [6.45, 7) is 40.3. The van der Waals surface area contributed by atoms with Gasteiger partial charge in [-0.15, -0.1) is 45.3 Å². The summed E-state index contributed by atoms with van der Waals surface area (Å²) in [5.41, 5.74) is 21.5. The Morgan fingerprint density at radius 3 is 1.15 bits per heavy atom. The number of para-hydroxylation sites is 7. The molecule has 0 aliphatic rings. The smallest absolute Gasteiger partial charge is 0.139 e. The van der Waals surface area contributed by atoms with Gasteiger partial charge in [-0.1, -0.05) is 358 Å². The van der Waals surface area contributed by atoms with Crippen LogP contribution < -0.4 is 0 Å². The van der Waals surface area contributed by atoms with Gasteiger partial charge in [0.25, 0.3) is 0 Å². The molecule has 0 aliphatic carbocycles. The van der Waals surface area contributed by atoms with Crippen LogP contribution in [0.2, 0.25) is 0 Å². The third kappa shape index (κ3) is 18.4. The van der Waals surface area contributed by atoms with Crippen LogP contribution >= 0.6 is 45.3 Å². The fourth-order valence-corrected chi connectivity index (χ4v) is 25.7. The molecule has 0 saturated heterocycles. The Kier molecular flexibility index (Phi) is 26.4. The number of benzene rings is 18. The Morgan fingerprint density at radius 1 is 0.201 bits per heavy atom. The largest absolute Gasteiger partial charge is 0.456 e. The van der Waals surface area contributed by atoms with Gasteiger partial charge in [0.2, 0.25) is 0 Å². The van der Waals surface area contributed by atoms with E-state index in [1.54, 1.807) is 0 Å². The van der Waals surface area contributed by atoms with Crippen molar-refractivity contribution in [3.05, 3.63) is 409 Å². The zero-order chi connectivity index (χ0) is 99.7. The van der Waals surface area contributed by atoms with Crippen LogP contribution in [0.25, 0.3) is 212 Å². The van der Waals surface area contributed by atoms with Gasteiger partial charge in [-0.3, -0.25) is 0 Å². The summed E-state index contributed by atoms with van der Waals surface area (Å²) in [5, 5.41) is 26.1. The monoisotopic (exact) mass is 1950 g/mol. The minimum atomic E-state index is 0.105. The van der Waals surface area contributed by atoms with E-state index in [0.717, 1.165) is 44.7 Å². The number of hydrogen-bond donors (Lipinski definition) is 0. The summed E-state index contributed by atoms with van der Waals surface area (Å²) in [5.74, 6) is 2.39. The topological polar surface area (TPSA) is 62.4 Å². The Balaban J connectivity index is 0.0000000975. The van der Waals surface area contributed by atoms with Crippen LogP contribution in [0.4, 0.5) is 0 Å². The van der Waals surface area contributed by atoms with Gasteiger partial charge in [0.1, 0.15) is 44.7 Å². The van der Waals surface area contributed by atoms with E-state index in [1.807, 2.05) is 99.9 Å². The molecule has 144 heavy (non-hydrogen) atoms. The van der Waals surface area contributed by atoms with Crippen molar-refractivity contribution >= 4 is 257 Å². The van der Waals surface area contributed by atoms with Gasteiger partial charge < -0.3 is 26.8 Å².